The summed E-state index contributed by atoms with van der Waals surface area (Å²) in [6.45, 7) is 2.60. The van der Waals surface area contributed by atoms with Gasteiger partial charge in [0.1, 0.15) is 0 Å². The third kappa shape index (κ3) is 2.18. The molecule has 1 aliphatic heterocycles. The minimum Gasteiger partial charge on any atom is -0.300 e. The zero-order valence-electron chi connectivity index (χ0n) is 9.53. The van der Waals surface area contributed by atoms with E-state index < -0.39 is 0 Å². The van der Waals surface area contributed by atoms with Gasteiger partial charge in [-0.05, 0) is 56.3 Å². The van der Waals surface area contributed by atoms with Crippen LogP contribution in [0.4, 0.5) is 0 Å². The predicted molar refractivity (Wildman–Crippen MR) is 70.7 cm³/mol. The molecule has 1 aliphatic carbocycles. The molecule has 1 saturated carbocycles. The number of benzene rings is 1. The number of piperidine rings is 1. The molecule has 2 fully saturated rings. The zero-order chi connectivity index (χ0) is 11.0. The van der Waals surface area contributed by atoms with Crippen molar-refractivity contribution in [2.24, 2.45) is 0 Å². The van der Waals surface area contributed by atoms with Gasteiger partial charge < -0.3 is 4.90 Å². The van der Waals surface area contributed by atoms with Crippen LogP contribution in [0.1, 0.15) is 37.2 Å². The van der Waals surface area contributed by atoms with Crippen molar-refractivity contribution < 1.29 is 0 Å². The summed E-state index contributed by atoms with van der Waals surface area (Å²) < 4.78 is 1.29. The molecule has 0 aromatic heterocycles. The summed E-state index contributed by atoms with van der Waals surface area (Å²) >= 11 is 3.67. The number of likely N-dealkylation sites (tertiary alicyclic amines) is 1. The van der Waals surface area contributed by atoms with Crippen LogP contribution in [0.3, 0.4) is 0 Å². The van der Waals surface area contributed by atoms with Gasteiger partial charge in [-0.2, -0.15) is 0 Å². The summed E-state index contributed by atoms with van der Waals surface area (Å²) in [4.78, 5) is 2.69. The highest BCUT2D eigenvalue weighted by Crippen LogP contribution is 2.36. The molecule has 1 aromatic carbocycles. The highest BCUT2D eigenvalue weighted by atomic mass is 79.9. The van der Waals surface area contributed by atoms with Crippen LogP contribution in [0.2, 0.25) is 0 Å². The van der Waals surface area contributed by atoms with Crippen LogP contribution >= 0.6 is 15.9 Å². The molecule has 1 aromatic rings. The van der Waals surface area contributed by atoms with Crippen LogP contribution < -0.4 is 0 Å². The number of rotatable bonds is 2. The minimum atomic E-state index is 0.769. The number of nitrogens with zero attached hydrogens (tertiary/aromatic N) is 1. The topological polar surface area (TPSA) is 3.24 Å². The lowest BCUT2D eigenvalue weighted by molar-refractivity contribution is 0.203. The van der Waals surface area contributed by atoms with Gasteiger partial charge in [0, 0.05) is 10.5 Å². The molecule has 0 unspecified atom stereocenters. The first kappa shape index (κ1) is 10.8. The highest BCUT2D eigenvalue weighted by Gasteiger charge is 2.32. The Morgan fingerprint density at radius 3 is 2.31 bits per heavy atom. The Kier molecular flexibility index (Phi) is 3.03. The smallest absolute Gasteiger partial charge is 0.0210 e. The minimum absolute atomic E-state index is 0.769. The Balaban J connectivity index is 1.67. The van der Waals surface area contributed by atoms with Crippen LogP contribution in [0.5, 0.6) is 0 Å². The molecule has 2 heteroatoms. The summed E-state index contributed by atoms with van der Waals surface area (Å²) in [5.74, 6) is 0.769. The van der Waals surface area contributed by atoms with Crippen molar-refractivity contribution in [2.45, 2.75) is 37.6 Å². The van der Waals surface area contributed by atoms with Gasteiger partial charge in [0.25, 0.3) is 0 Å². The summed E-state index contributed by atoms with van der Waals surface area (Å²) in [6.07, 6.45) is 5.55. The van der Waals surface area contributed by atoms with E-state index in [1.807, 2.05) is 0 Å². The van der Waals surface area contributed by atoms with Gasteiger partial charge in [-0.15, -0.1) is 0 Å². The van der Waals surface area contributed by atoms with Crippen molar-refractivity contribution in [1.29, 1.82) is 0 Å². The molecular formula is C14H18BrN. The molecule has 0 radical (unpaired) electrons. The molecule has 0 amide bonds. The maximum Gasteiger partial charge on any atom is 0.0210 e. The third-order valence-electron chi connectivity index (χ3n) is 3.94. The van der Waals surface area contributed by atoms with Crippen molar-refractivity contribution in [3.8, 4) is 0 Å². The molecule has 1 heterocycles. The van der Waals surface area contributed by atoms with E-state index in [1.54, 1.807) is 0 Å². The zero-order valence-corrected chi connectivity index (χ0v) is 11.1. The second-order valence-corrected chi connectivity index (χ2v) is 5.92. The molecule has 1 nitrogen and oxygen atoms in total. The second kappa shape index (κ2) is 4.50. The fourth-order valence-electron chi connectivity index (χ4n) is 2.82. The van der Waals surface area contributed by atoms with Gasteiger partial charge >= 0.3 is 0 Å². The average molecular weight is 280 g/mol. The standard InChI is InChI=1S/C14H18BrN/c15-14-4-2-1-3-13(14)11-7-9-16(10-8-11)12-5-6-12/h1-4,11-12H,5-10H2. The second-order valence-electron chi connectivity index (χ2n) is 5.06. The average Bonchev–Trinajstić information content (AvgIpc) is 3.14. The van der Waals surface area contributed by atoms with Crippen LogP contribution in [0.25, 0.3) is 0 Å². The van der Waals surface area contributed by atoms with Crippen molar-refractivity contribution in [3.63, 3.8) is 0 Å². The van der Waals surface area contributed by atoms with Gasteiger partial charge in [0.15, 0.2) is 0 Å². The van der Waals surface area contributed by atoms with Gasteiger partial charge in [-0.3, -0.25) is 0 Å². The Hall–Kier alpha value is -0.340. The Labute approximate surface area is 106 Å². The van der Waals surface area contributed by atoms with Crippen LogP contribution in [-0.4, -0.2) is 24.0 Å². The molecule has 86 valence electrons. The first-order valence-corrected chi connectivity index (χ1v) is 7.12. The highest BCUT2D eigenvalue weighted by molar-refractivity contribution is 9.10. The monoisotopic (exact) mass is 279 g/mol. The third-order valence-corrected chi connectivity index (χ3v) is 4.66. The van der Waals surface area contributed by atoms with Gasteiger partial charge in [0.2, 0.25) is 0 Å². The molecular weight excluding hydrogens is 262 g/mol. The van der Waals surface area contributed by atoms with Crippen LogP contribution in [0, 0.1) is 0 Å². The fraction of sp³-hybridized carbons (Fsp3) is 0.571. The van der Waals surface area contributed by atoms with Crippen LogP contribution in [0.15, 0.2) is 28.7 Å². The predicted octanol–water partition coefficient (Wildman–Crippen LogP) is 3.79. The van der Waals surface area contributed by atoms with E-state index in [2.05, 4.69) is 45.1 Å². The van der Waals surface area contributed by atoms with Crippen molar-refractivity contribution >= 4 is 15.9 Å². The Bertz CT molecular complexity index is 365. The van der Waals surface area contributed by atoms with Crippen molar-refractivity contribution in [1.82, 2.24) is 4.90 Å². The largest absolute Gasteiger partial charge is 0.300 e. The van der Waals surface area contributed by atoms with E-state index in [-0.39, 0.29) is 0 Å². The molecule has 0 spiro atoms. The van der Waals surface area contributed by atoms with Crippen molar-refractivity contribution in [3.05, 3.63) is 34.3 Å². The summed E-state index contributed by atoms with van der Waals surface area (Å²) in [6, 6.07) is 9.66. The van der Waals surface area contributed by atoms with E-state index in [1.165, 1.54) is 48.8 Å². The quantitative estimate of drug-likeness (QED) is 0.796. The van der Waals surface area contributed by atoms with Crippen LogP contribution in [-0.2, 0) is 0 Å². The maximum absolute atomic E-state index is 3.67. The maximum atomic E-state index is 3.67. The summed E-state index contributed by atoms with van der Waals surface area (Å²) in [7, 11) is 0. The molecule has 3 rings (SSSR count). The summed E-state index contributed by atoms with van der Waals surface area (Å²) in [5.41, 5.74) is 1.51. The normalized spacial score (nSPS) is 23.6. The number of hydrogen-bond donors (Lipinski definition) is 0. The van der Waals surface area contributed by atoms with Crippen molar-refractivity contribution in [2.75, 3.05) is 13.1 Å². The molecule has 0 bridgehead atoms. The number of halogens is 1. The lowest BCUT2D eigenvalue weighted by Crippen LogP contribution is -2.34. The summed E-state index contributed by atoms with van der Waals surface area (Å²) in [5, 5.41) is 0. The molecule has 16 heavy (non-hydrogen) atoms. The Morgan fingerprint density at radius 1 is 1.00 bits per heavy atom. The Morgan fingerprint density at radius 2 is 1.69 bits per heavy atom. The fourth-order valence-corrected chi connectivity index (χ4v) is 3.43. The van der Waals surface area contributed by atoms with E-state index in [9.17, 15) is 0 Å². The van der Waals surface area contributed by atoms with E-state index in [0.717, 1.165) is 12.0 Å². The van der Waals surface area contributed by atoms with Gasteiger partial charge in [-0.1, -0.05) is 34.1 Å². The number of hydrogen-bond acceptors (Lipinski definition) is 1. The van der Waals surface area contributed by atoms with E-state index in [0.29, 0.717) is 0 Å². The first-order chi connectivity index (χ1) is 7.84. The molecule has 0 atom stereocenters. The van der Waals surface area contributed by atoms with Gasteiger partial charge in [0.05, 0.1) is 0 Å². The molecule has 2 aliphatic rings. The lowest BCUT2D eigenvalue weighted by Gasteiger charge is -2.32. The van der Waals surface area contributed by atoms with E-state index in [4.69, 9.17) is 0 Å². The molecule has 0 N–H and O–H groups in total. The molecule has 1 saturated heterocycles. The SMILES string of the molecule is Brc1ccccc1C1CCN(C2CC2)CC1. The van der Waals surface area contributed by atoms with Gasteiger partial charge in [-0.25, -0.2) is 0 Å². The first-order valence-electron chi connectivity index (χ1n) is 6.33. The van der Waals surface area contributed by atoms with E-state index >= 15 is 0 Å². The lowest BCUT2D eigenvalue weighted by atomic mass is 9.89.